The molecule has 1 aliphatic carbocycles. The molecule has 0 spiro atoms. The molecule has 25 heavy (non-hydrogen) atoms. The van der Waals surface area contributed by atoms with Gasteiger partial charge in [0.25, 0.3) is 0 Å². The number of nitrogens with one attached hydrogen (secondary N) is 1. The second kappa shape index (κ2) is 8.52. The molecular formula is C21H31N3O. The van der Waals surface area contributed by atoms with Gasteiger partial charge in [0.15, 0.2) is 0 Å². The molecule has 0 bridgehead atoms. The van der Waals surface area contributed by atoms with Crippen molar-refractivity contribution < 1.29 is 4.74 Å². The number of pyridine rings is 1. The Morgan fingerprint density at radius 1 is 1.28 bits per heavy atom. The standard InChI is InChI=1S/C21H31N3O/c1-16(2)15-24(18-8-4-5-9-18)12-11-22-20-14-19(25-3)13-17-7-6-10-23-21(17)20/h6-7,10,13-14,16,18,22H,4-5,8-9,11-12,15H2,1-3H3. The minimum atomic E-state index is 0.708. The van der Waals surface area contributed by atoms with Crippen molar-refractivity contribution >= 4 is 16.6 Å². The third-order valence-electron chi connectivity index (χ3n) is 5.07. The van der Waals surface area contributed by atoms with Gasteiger partial charge < -0.3 is 10.1 Å². The van der Waals surface area contributed by atoms with Gasteiger partial charge in [0.2, 0.25) is 0 Å². The van der Waals surface area contributed by atoms with Gasteiger partial charge in [0, 0.05) is 43.3 Å². The van der Waals surface area contributed by atoms with Crippen LogP contribution in [0.4, 0.5) is 5.69 Å². The number of benzene rings is 1. The first-order valence-electron chi connectivity index (χ1n) is 9.58. The summed E-state index contributed by atoms with van der Waals surface area (Å²) in [5.74, 6) is 1.58. The molecule has 1 saturated carbocycles. The molecule has 1 aliphatic rings. The van der Waals surface area contributed by atoms with Crippen LogP contribution in [0.15, 0.2) is 30.5 Å². The number of nitrogens with zero attached hydrogens (tertiary/aromatic N) is 2. The van der Waals surface area contributed by atoms with E-state index in [2.05, 4.69) is 41.2 Å². The first-order chi connectivity index (χ1) is 12.2. The Labute approximate surface area is 151 Å². The number of hydrogen-bond donors (Lipinski definition) is 1. The molecule has 1 aromatic heterocycles. The van der Waals surface area contributed by atoms with Crippen molar-refractivity contribution in [2.24, 2.45) is 5.92 Å². The maximum Gasteiger partial charge on any atom is 0.121 e. The van der Waals surface area contributed by atoms with Crippen LogP contribution in [-0.2, 0) is 0 Å². The van der Waals surface area contributed by atoms with Gasteiger partial charge >= 0.3 is 0 Å². The average Bonchev–Trinajstić information content (AvgIpc) is 3.14. The molecule has 0 unspecified atom stereocenters. The lowest BCUT2D eigenvalue weighted by molar-refractivity contribution is 0.184. The van der Waals surface area contributed by atoms with E-state index < -0.39 is 0 Å². The van der Waals surface area contributed by atoms with Crippen LogP contribution in [-0.4, -0.2) is 42.7 Å². The largest absolute Gasteiger partial charge is 0.497 e. The van der Waals surface area contributed by atoms with Crippen molar-refractivity contribution in [1.29, 1.82) is 0 Å². The summed E-state index contributed by atoms with van der Waals surface area (Å²) in [6.45, 7) is 7.82. The van der Waals surface area contributed by atoms with Gasteiger partial charge in [-0.2, -0.15) is 0 Å². The second-order valence-corrected chi connectivity index (χ2v) is 7.50. The van der Waals surface area contributed by atoms with Gasteiger partial charge in [0.1, 0.15) is 5.75 Å². The Morgan fingerprint density at radius 2 is 2.08 bits per heavy atom. The monoisotopic (exact) mass is 341 g/mol. The van der Waals surface area contributed by atoms with Gasteiger partial charge in [-0.3, -0.25) is 9.88 Å². The van der Waals surface area contributed by atoms with Crippen LogP contribution in [0.5, 0.6) is 5.75 Å². The highest BCUT2D eigenvalue weighted by Gasteiger charge is 2.22. The highest BCUT2D eigenvalue weighted by molar-refractivity contribution is 5.91. The summed E-state index contributed by atoms with van der Waals surface area (Å²) < 4.78 is 5.45. The van der Waals surface area contributed by atoms with E-state index in [-0.39, 0.29) is 0 Å². The van der Waals surface area contributed by atoms with Gasteiger partial charge in [-0.15, -0.1) is 0 Å². The minimum absolute atomic E-state index is 0.708. The summed E-state index contributed by atoms with van der Waals surface area (Å²) in [5, 5.41) is 4.72. The van der Waals surface area contributed by atoms with Crippen molar-refractivity contribution in [3.8, 4) is 5.75 Å². The highest BCUT2D eigenvalue weighted by atomic mass is 16.5. The number of ether oxygens (including phenoxy) is 1. The maximum atomic E-state index is 5.45. The predicted octanol–water partition coefficient (Wildman–Crippen LogP) is 4.56. The summed E-state index contributed by atoms with van der Waals surface area (Å²) in [4.78, 5) is 7.23. The first kappa shape index (κ1) is 18.0. The quantitative estimate of drug-likeness (QED) is 0.764. The Morgan fingerprint density at radius 3 is 2.80 bits per heavy atom. The number of aromatic nitrogens is 1. The molecule has 2 aromatic rings. The molecular weight excluding hydrogens is 310 g/mol. The molecule has 1 fully saturated rings. The number of hydrogen-bond acceptors (Lipinski definition) is 4. The van der Waals surface area contributed by atoms with E-state index >= 15 is 0 Å². The SMILES string of the molecule is COc1cc(NCCN(CC(C)C)C2CCCC2)c2ncccc2c1. The molecule has 0 saturated heterocycles. The summed E-state index contributed by atoms with van der Waals surface area (Å²) in [5.41, 5.74) is 2.07. The first-order valence-corrected chi connectivity index (χ1v) is 9.58. The average molecular weight is 341 g/mol. The van der Waals surface area contributed by atoms with Crippen LogP contribution in [0.2, 0.25) is 0 Å². The Bertz CT molecular complexity index is 680. The summed E-state index contributed by atoms with van der Waals surface area (Å²) in [6, 6.07) is 8.91. The lowest BCUT2D eigenvalue weighted by Gasteiger charge is -2.30. The Kier molecular flexibility index (Phi) is 6.14. The molecule has 1 aromatic carbocycles. The van der Waals surface area contributed by atoms with Crippen LogP contribution < -0.4 is 10.1 Å². The Hall–Kier alpha value is -1.81. The third-order valence-corrected chi connectivity index (χ3v) is 5.07. The molecule has 1 N–H and O–H groups in total. The van der Waals surface area contributed by atoms with E-state index in [1.54, 1.807) is 7.11 Å². The van der Waals surface area contributed by atoms with Crippen LogP contribution in [0.25, 0.3) is 10.9 Å². The number of methoxy groups -OCH3 is 1. The lowest BCUT2D eigenvalue weighted by Crippen LogP contribution is -2.39. The zero-order valence-corrected chi connectivity index (χ0v) is 15.8. The number of rotatable bonds is 8. The zero-order valence-electron chi connectivity index (χ0n) is 15.8. The van der Waals surface area contributed by atoms with Crippen LogP contribution in [0, 0.1) is 5.92 Å². The van der Waals surface area contributed by atoms with E-state index in [1.807, 2.05) is 18.3 Å². The van der Waals surface area contributed by atoms with E-state index in [0.717, 1.165) is 41.5 Å². The fraction of sp³-hybridized carbons (Fsp3) is 0.571. The molecule has 0 atom stereocenters. The van der Waals surface area contributed by atoms with Gasteiger partial charge in [-0.25, -0.2) is 0 Å². The van der Waals surface area contributed by atoms with Crippen LogP contribution >= 0.6 is 0 Å². The molecule has 4 nitrogen and oxygen atoms in total. The normalized spacial score (nSPS) is 15.4. The van der Waals surface area contributed by atoms with Crippen molar-refractivity contribution in [3.63, 3.8) is 0 Å². The lowest BCUT2D eigenvalue weighted by atomic mass is 10.1. The summed E-state index contributed by atoms with van der Waals surface area (Å²) in [7, 11) is 1.71. The molecule has 1 heterocycles. The van der Waals surface area contributed by atoms with Crippen molar-refractivity contribution in [3.05, 3.63) is 30.5 Å². The van der Waals surface area contributed by atoms with Gasteiger partial charge in [-0.05, 0) is 30.9 Å². The highest BCUT2D eigenvalue weighted by Crippen LogP contribution is 2.28. The second-order valence-electron chi connectivity index (χ2n) is 7.50. The smallest absolute Gasteiger partial charge is 0.121 e. The van der Waals surface area contributed by atoms with Crippen molar-refractivity contribution in [2.45, 2.75) is 45.6 Å². The summed E-state index contributed by atoms with van der Waals surface area (Å²) in [6.07, 6.45) is 7.34. The van der Waals surface area contributed by atoms with E-state index in [9.17, 15) is 0 Å². The molecule has 4 heteroatoms. The van der Waals surface area contributed by atoms with E-state index in [1.165, 1.54) is 32.2 Å². The van der Waals surface area contributed by atoms with Crippen LogP contribution in [0.1, 0.15) is 39.5 Å². The summed E-state index contributed by atoms with van der Waals surface area (Å²) >= 11 is 0. The van der Waals surface area contributed by atoms with Gasteiger partial charge in [0.05, 0.1) is 18.3 Å². The van der Waals surface area contributed by atoms with E-state index in [0.29, 0.717) is 5.92 Å². The van der Waals surface area contributed by atoms with Crippen molar-refractivity contribution in [2.75, 3.05) is 32.1 Å². The number of anilines is 1. The minimum Gasteiger partial charge on any atom is -0.497 e. The van der Waals surface area contributed by atoms with E-state index in [4.69, 9.17) is 4.74 Å². The molecule has 136 valence electrons. The Balaban J connectivity index is 1.68. The van der Waals surface area contributed by atoms with Crippen LogP contribution in [0.3, 0.4) is 0 Å². The fourth-order valence-corrected chi connectivity index (χ4v) is 3.91. The fourth-order valence-electron chi connectivity index (χ4n) is 3.91. The molecule has 3 rings (SSSR count). The zero-order chi connectivity index (χ0) is 17.6. The maximum absolute atomic E-state index is 5.45. The number of fused-ring (bicyclic) bond motifs is 1. The molecule has 0 aliphatic heterocycles. The predicted molar refractivity (Wildman–Crippen MR) is 105 cm³/mol. The molecule has 0 radical (unpaired) electrons. The topological polar surface area (TPSA) is 37.4 Å². The van der Waals surface area contributed by atoms with Crippen molar-refractivity contribution in [1.82, 2.24) is 9.88 Å². The molecule has 0 amide bonds. The van der Waals surface area contributed by atoms with Gasteiger partial charge in [-0.1, -0.05) is 32.8 Å². The third kappa shape index (κ3) is 4.63.